The Labute approximate surface area is 148 Å². The molecule has 1 atom stereocenters. The Morgan fingerprint density at radius 2 is 2.04 bits per heavy atom. The molecule has 1 aliphatic rings. The Balaban J connectivity index is 1.80. The summed E-state index contributed by atoms with van der Waals surface area (Å²) in [6, 6.07) is 2.06. The number of aromatic amines is 1. The number of rotatable bonds is 5. The molecule has 7 nitrogen and oxygen atoms in total. The summed E-state index contributed by atoms with van der Waals surface area (Å²) in [6.45, 7) is 11.8. The van der Waals surface area contributed by atoms with Gasteiger partial charge < -0.3 is 25.0 Å². The van der Waals surface area contributed by atoms with Gasteiger partial charge in [0.25, 0.3) is 0 Å². The fourth-order valence-electron chi connectivity index (χ4n) is 2.93. The van der Waals surface area contributed by atoms with Crippen molar-refractivity contribution >= 4 is 22.8 Å². The molecule has 7 heteroatoms. The van der Waals surface area contributed by atoms with Crippen LogP contribution in [0.1, 0.15) is 32.9 Å². The number of aliphatic hydroxyl groups excluding tert-OH is 1. The van der Waals surface area contributed by atoms with Gasteiger partial charge in [0.2, 0.25) is 5.95 Å². The molecule has 1 aliphatic heterocycles. The third kappa shape index (κ3) is 4.22. The van der Waals surface area contributed by atoms with Gasteiger partial charge in [-0.2, -0.15) is 9.97 Å². The second-order valence-corrected chi connectivity index (χ2v) is 7.78. The summed E-state index contributed by atoms with van der Waals surface area (Å²) < 4.78 is 5.42. The minimum absolute atomic E-state index is 0.119. The Kier molecular flexibility index (Phi) is 5.15. The molecule has 0 saturated carbocycles. The Bertz CT molecular complexity index is 716. The third-order valence-corrected chi connectivity index (χ3v) is 4.61. The zero-order valence-electron chi connectivity index (χ0n) is 15.6. The first-order valence-corrected chi connectivity index (χ1v) is 8.96. The Morgan fingerprint density at radius 3 is 2.72 bits per heavy atom. The summed E-state index contributed by atoms with van der Waals surface area (Å²) in [5.41, 5.74) is 1.78. The maximum absolute atomic E-state index is 10.2. The number of anilines is 2. The fraction of sp³-hybridized carbons (Fsp3) is 0.667. The van der Waals surface area contributed by atoms with Crippen LogP contribution in [0.15, 0.2) is 6.07 Å². The molecule has 1 fully saturated rings. The van der Waals surface area contributed by atoms with Crippen LogP contribution in [0.5, 0.6) is 0 Å². The van der Waals surface area contributed by atoms with Crippen molar-refractivity contribution < 1.29 is 9.84 Å². The molecule has 0 amide bonds. The molecule has 0 spiro atoms. The van der Waals surface area contributed by atoms with E-state index in [1.807, 2.05) is 27.7 Å². The highest BCUT2D eigenvalue weighted by molar-refractivity contribution is 5.89. The van der Waals surface area contributed by atoms with Crippen LogP contribution < -0.4 is 10.2 Å². The average molecular weight is 347 g/mol. The van der Waals surface area contributed by atoms with Crippen molar-refractivity contribution in [3.63, 3.8) is 0 Å². The smallest absolute Gasteiger partial charge is 0.229 e. The second-order valence-electron chi connectivity index (χ2n) is 7.78. The lowest BCUT2D eigenvalue weighted by Crippen LogP contribution is -2.37. The molecule has 138 valence electrons. The quantitative estimate of drug-likeness (QED) is 0.769. The van der Waals surface area contributed by atoms with Crippen LogP contribution in [0.25, 0.3) is 11.0 Å². The standard InChI is InChI=1S/C18H29N5O2/c1-12-11-13-15(19-6-5-14(24)18(2,3)4)21-17(22-16(13)20-12)23-7-9-25-10-8-23/h11,14,24H,5-10H2,1-4H3,(H2,19,20,21,22). The first kappa shape index (κ1) is 17.9. The Hall–Kier alpha value is -1.86. The third-order valence-electron chi connectivity index (χ3n) is 4.61. The van der Waals surface area contributed by atoms with Crippen LogP contribution >= 0.6 is 0 Å². The molecule has 0 aromatic carbocycles. The number of aliphatic hydroxyl groups is 1. The van der Waals surface area contributed by atoms with Crippen LogP contribution in [-0.4, -0.2) is 59.0 Å². The van der Waals surface area contributed by atoms with Gasteiger partial charge in [0, 0.05) is 25.3 Å². The lowest BCUT2D eigenvalue weighted by atomic mass is 9.87. The summed E-state index contributed by atoms with van der Waals surface area (Å²) in [6.07, 6.45) is 0.315. The first-order valence-electron chi connectivity index (χ1n) is 8.96. The van der Waals surface area contributed by atoms with E-state index in [4.69, 9.17) is 9.72 Å². The number of fused-ring (bicyclic) bond motifs is 1. The molecular formula is C18H29N5O2. The largest absolute Gasteiger partial charge is 0.393 e. The lowest BCUT2D eigenvalue weighted by molar-refractivity contribution is 0.0587. The summed E-state index contributed by atoms with van der Waals surface area (Å²) >= 11 is 0. The summed E-state index contributed by atoms with van der Waals surface area (Å²) in [5, 5.41) is 14.6. The van der Waals surface area contributed by atoms with Crippen LogP contribution in [0.2, 0.25) is 0 Å². The van der Waals surface area contributed by atoms with Crippen molar-refractivity contribution in [1.29, 1.82) is 0 Å². The molecule has 0 radical (unpaired) electrons. The van der Waals surface area contributed by atoms with E-state index in [-0.39, 0.29) is 11.5 Å². The lowest BCUT2D eigenvalue weighted by Gasteiger charge is -2.27. The topological polar surface area (TPSA) is 86.3 Å². The zero-order chi connectivity index (χ0) is 18.0. The zero-order valence-corrected chi connectivity index (χ0v) is 15.6. The van der Waals surface area contributed by atoms with Gasteiger partial charge in [0.05, 0.1) is 24.7 Å². The highest BCUT2D eigenvalue weighted by atomic mass is 16.5. The van der Waals surface area contributed by atoms with E-state index < -0.39 is 0 Å². The minimum Gasteiger partial charge on any atom is -0.393 e. The van der Waals surface area contributed by atoms with Crippen molar-refractivity contribution in [3.05, 3.63) is 11.8 Å². The molecule has 3 rings (SSSR count). The van der Waals surface area contributed by atoms with Crippen molar-refractivity contribution in [2.75, 3.05) is 43.1 Å². The summed E-state index contributed by atoms with van der Waals surface area (Å²) in [5.74, 6) is 1.54. The van der Waals surface area contributed by atoms with Crippen molar-refractivity contribution in [2.24, 2.45) is 5.41 Å². The number of nitrogens with one attached hydrogen (secondary N) is 2. The number of hydrogen-bond donors (Lipinski definition) is 3. The van der Waals surface area contributed by atoms with Gasteiger partial charge in [0.15, 0.2) is 0 Å². The van der Waals surface area contributed by atoms with Crippen LogP contribution in [-0.2, 0) is 4.74 Å². The average Bonchev–Trinajstić information content (AvgIpc) is 2.95. The highest BCUT2D eigenvalue weighted by Gasteiger charge is 2.22. The molecule has 1 unspecified atom stereocenters. The van der Waals surface area contributed by atoms with Gasteiger partial charge >= 0.3 is 0 Å². The van der Waals surface area contributed by atoms with Gasteiger partial charge in [-0.25, -0.2) is 0 Å². The second kappa shape index (κ2) is 7.17. The predicted molar refractivity (Wildman–Crippen MR) is 100 cm³/mol. The molecule has 2 aromatic rings. The molecule has 0 bridgehead atoms. The molecule has 3 N–H and O–H groups in total. The minimum atomic E-state index is -0.357. The SMILES string of the molecule is Cc1cc2c(NCCC(O)C(C)(C)C)nc(N3CCOCC3)nc2[nH]1. The van der Waals surface area contributed by atoms with E-state index in [2.05, 4.69) is 26.3 Å². The maximum Gasteiger partial charge on any atom is 0.229 e. The van der Waals surface area contributed by atoms with E-state index in [1.54, 1.807) is 0 Å². The van der Waals surface area contributed by atoms with E-state index in [0.29, 0.717) is 26.2 Å². The van der Waals surface area contributed by atoms with Gasteiger partial charge in [-0.15, -0.1) is 0 Å². The van der Waals surface area contributed by atoms with Gasteiger partial charge in [-0.1, -0.05) is 20.8 Å². The number of ether oxygens (including phenoxy) is 1. The van der Waals surface area contributed by atoms with E-state index in [1.165, 1.54) is 0 Å². The highest BCUT2D eigenvalue weighted by Crippen LogP contribution is 2.26. The molecule has 3 heterocycles. The number of hydrogen-bond acceptors (Lipinski definition) is 6. The van der Waals surface area contributed by atoms with Crippen LogP contribution in [0.4, 0.5) is 11.8 Å². The van der Waals surface area contributed by atoms with Crippen LogP contribution in [0.3, 0.4) is 0 Å². The maximum atomic E-state index is 10.2. The van der Waals surface area contributed by atoms with Gasteiger partial charge in [-0.05, 0) is 24.8 Å². The first-order chi connectivity index (χ1) is 11.8. The van der Waals surface area contributed by atoms with E-state index >= 15 is 0 Å². The van der Waals surface area contributed by atoms with E-state index in [0.717, 1.165) is 41.6 Å². The summed E-state index contributed by atoms with van der Waals surface area (Å²) in [4.78, 5) is 14.9. The van der Waals surface area contributed by atoms with Gasteiger partial charge in [0.1, 0.15) is 11.5 Å². The molecule has 0 aliphatic carbocycles. The number of aromatic nitrogens is 3. The number of morpholine rings is 1. The molecule has 2 aromatic heterocycles. The molecular weight excluding hydrogens is 318 g/mol. The predicted octanol–water partition coefficient (Wildman–Crippen LogP) is 2.31. The van der Waals surface area contributed by atoms with E-state index in [9.17, 15) is 5.11 Å². The monoisotopic (exact) mass is 347 g/mol. The fourth-order valence-corrected chi connectivity index (χ4v) is 2.93. The molecule has 25 heavy (non-hydrogen) atoms. The molecule has 1 saturated heterocycles. The number of aryl methyl sites for hydroxylation is 1. The van der Waals surface area contributed by atoms with Crippen LogP contribution in [0, 0.1) is 12.3 Å². The Morgan fingerprint density at radius 1 is 1.32 bits per heavy atom. The summed E-state index contributed by atoms with van der Waals surface area (Å²) in [7, 11) is 0. The van der Waals surface area contributed by atoms with Crippen molar-refractivity contribution in [3.8, 4) is 0 Å². The number of nitrogens with zero attached hydrogens (tertiary/aromatic N) is 3. The van der Waals surface area contributed by atoms with Crippen molar-refractivity contribution in [1.82, 2.24) is 15.0 Å². The number of H-pyrrole nitrogens is 1. The normalized spacial score (nSPS) is 17.1. The van der Waals surface area contributed by atoms with Crippen molar-refractivity contribution in [2.45, 2.75) is 40.2 Å². The van der Waals surface area contributed by atoms with Gasteiger partial charge in [-0.3, -0.25) is 0 Å².